The van der Waals surface area contributed by atoms with E-state index >= 15 is 0 Å². The van der Waals surface area contributed by atoms with E-state index in [1.54, 1.807) is 0 Å². The summed E-state index contributed by atoms with van der Waals surface area (Å²) in [6.07, 6.45) is 9.21. The molecule has 8 aromatic carbocycles. The summed E-state index contributed by atoms with van der Waals surface area (Å²) in [6, 6.07) is 55.9. The van der Waals surface area contributed by atoms with Crippen LogP contribution in [-0.2, 0) is 32.5 Å². The molecule has 0 bridgehead atoms. The average molecular weight is 863 g/mol. The fourth-order valence-electron chi connectivity index (χ4n) is 11.3. The first-order valence-electron chi connectivity index (χ1n) is 22.3. The molecule has 0 spiro atoms. The van der Waals surface area contributed by atoms with Crippen LogP contribution in [0.15, 0.2) is 158 Å². The maximum atomic E-state index is 11.1. The van der Waals surface area contributed by atoms with Crippen LogP contribution in [0.3, 0.4) is 0 Å². The summed E-state index contributed by atoms with van der Waals surface area (Å²) >= 11 is 0. The van der Waals surface area contributed by atoms with E-state index in [9.17, 15) is 10.2 Å². The predicted octanol–water partition coefficient (Wildman–Crippen LogP) is 17.1. The Hall–Kier alpha value is -5.41. The topological polar surface area (TPSA) is 40.5 Å². The van der Waals surface area contributed by atoms with Gasteiger partial charge in [0.15, 0.2) is 0 Å². The fourth-order valence-corrected chi connectivity index (χ4v) is 11.3. The van der Waals surface area contributed by atoms with E-state index in [4.69, 9.17) is 0 Å². The Labute approximate surface area is 392 Å². The van der Waals surface area contributed by atoms with Crippen molar-refractivity contribution < 1.29 is 31.9 Å². The molecule has 0 amide bonds. The molecule has 0 atom stereocenters. The number of aromatic hydroxyl groups is 2. The molecule has 63 heavy (non-hydrogen) atoms. The Bertz CT molecular complexity index is 2660. The molecule has 0 saturated carbocycles. The van der Waals surface area contributed by atoms with Gasteiger partial charge < -0.3 is 25.1 Å². The first-order chi connectivity index (χ1) is 29.4. The zero-order valence-electron chi connectivity index (χ0n) is 38.1. The molecular weight excluding hydrogens is 801 g/mol. The molecule has 0 radical (unpaired) electrons. The van der Waals surface area contributed by atoms with Crippen LogP contribution in [0.2, 0.25) is 0 Å². The van der Waals surface area contributed by atoms with Gasteiger partial charge in [-0.25, -0.2) is 0 Å². The molecule has 0 heterocycles. The molecule has 318 valence electrons. The molecule has 0 aliphatic heterocycles. The van der Waals surface area contributed by atoms with Crippen molar-refractivity contribution in [1.82, 2.24) is 0 Å². The van der Waals surface area contributed by atoms with Gasteiger partial charge in [0.05, 0.1) is 0 Å². The molecule has 2 aliphatic rings. The molecule has 10 rings (SSSR count). The molecule has 2 N–H and O–H groups in total. The van der Waals surface area contributed by atoms with Crippen LogP contribution in [0.4, 0.5) is 0 Å². The van der Waals surface area contributed by atoms with Crippen molar-refractivity contribution in [3.63, 3.8) is 0 Å². The summed E-state index contributed by atoms with van der Waals surface area (Å²) in [5.74, 6) is 0.750. The third-order valence-corrected chi connectivity index (χ3v) is 13.7. The summed E-state index contributed by atoms with van der Waals surface area (Å²) < 4.78 is 0. The summed E-state index contributed by atoms with van der Waals surface area (Å²) in [4.78, 5) is 0. The molecule has 0 fully saturated rings. The monoisotopic (exact) mass is 862 g/mol. The standard InChI is InChI=1S/2C29H28O.2CH3.Ti/c2*1-3-17-29(18-4-2)26-12-8-7-11-24(26)25-16-14-21(19-27(25)29)23-15-13-20-9-5-6-10-22(20)28(23)30;;;/h2*5-16,19,30H,3-4,17-18H2,1-2H3;2*1H3;/q;;2*-1;+2. The summed E-state index contributed by atoms with van der Waals surface area (Å²) in [5.41, 5.74) is 15.4. The molecule has 3 heteroatoms. The van der Waals surface area contributed by atoms with Gasteiger partial charge in [-0.15, -0.1) is 0 Å². The van der Waals surface area contributed by atoms with Crippen LogP contribution in [0, 0.1) is 14.9 Å². The second kappa shape index (κ2) is 19.5. The van der Waals surface area contributed by atoms with Gasteiger partial charge in [0.25, 0.3) is 0 Å². The van der Waals surface area contributed by atoms with E-state index in [1.165, 1.54) is 44.5 Å². The zero-order chi connectivity index (χ0) is 41.4. The number of phenols is 2. The van der Waals surface area contributed by atoms with Crippen LogP contribution in [0.5, 0.6) is 11.5 Å². The fraction of sp³-hybridized carbons (Fsp3) is 0.233. The molecule has 2 aliphatic carbocycles. The second-order valence-electron chi connectivity index (χ2n) is 17.1. The van der Waals surface area contributed by atoms with E-state index in [0.717, 1.165) is 95.2 Å². The Morgan fingerprint density at radius 2 is 0.667 bits per heavy atom. The minimum atomic E-state index is 0. The van der Waals surface area contributed by atoms with Crippen LogP contribution >= 0.6 is 0 Å². The second-order valence-corrected chi connectivity index (χ2v) is 17.1. The number of rotatable bonds is 10. The van der Waals surface area contributed by atoms with Crippen LogP contribution in [-0.4, -0.2) is 10.2 Å². The third kappa shape index (κ3) is 7.85. The third-order valence-electron chi connectivity index (χ3n) is 13.7. The van der Waals surface area contributed by atoms with Crippen molar-refractivity contribution >= 4 is 21.5 Å². The van der Waals surface area contributed by atoms with Crippen molar-refractivity contribution in [1.29, 1.82) is 0 Å². The molecular formula is C60H62O2Ti. The van der Waals surface area contributed by atoms with Gasteiger partial charge in [-0.2, -0.15) is 0 Å². The minimum Gasteiger partial charge on any atom is -0.507 e. The summed E-state index contributed by atoms with van der Waals surface area (Å²) in [7, 11) is 0. The Morgan fingerprint density at radius 3 is 1.05 bits per heavy atom. The van der Waals surface area contributed by atoms with E-state index in [2.05, 4.69) is 137 Å². The first kappa shape index (κ1) is 47.1. The van der Waals surface area contributed by atoms with E-state index < -0.39 is 0 Å². The van der Waals surface area contributed by atoms with Gasteiger partial charge >= 0.3 is 21.7 Å². The zero-order valence-corrected chi connectivity index (χ0v) is 39.6. The number of hydrogen-bond acceptors (Lipinski definition) is 2. The van der Waals surface area contributed by atoms with Gasteiger partial charge in [-0.3, -0.25) is 0 Å². The average Bonchev–Trinajstić information content (AvgIpc) is 3.70. The normalized spacial score (nSPS) is 13.3. The number of fused-ring (bicyclic) bond motifs is 8. The largest absolute Gasteiger partial charge is 2.00 e. The van der Waals surface area contributed by atoms with Crippen LogP contribution < -0.4 is 0 Å². The SMILES string of the molecule is CCCC1(CCC)c2ccccc2-c2ccc(-c3ccc4ccccc4c3O)cc21.CCCC1(CCC)c2ccccc2-c2ccc(-c3ccc4ccccc4c3O)cc21.[CH3-].[CH3-].[Ti+2]. The van der Waals surface area contributed by atoms with E-state index in [-0.39, 0.29) is 47.4 Å². The molecule has 0 aromatic heterocycles. The number of benzene rings is 8. The number of phenolic OH excluding ortho intramolecular Hbond substituents is 2. The molecule has 8 aromatic rings. The van der Waals surface area contributed by atoms with Gasteiger partial charge in [0.1, 0.15) is 11.5 Å². The van der Waals surface area contributed by atoms with Crippen molar-refractivity contribution in [3.05, 3.63) is 195 Å². The van der Waals surface area contributed by atoms with Crippen molar-refractivity contribution in [2.45, 2.75) is 89.9 Å². The summed E-state index contributed by atoms with van der Waals surface area (Å²) in [5, 5.41) is 26.1. The maximum Gasteiger partial charge on any atom is 2.00 e. The molecule has 2 nitrogen and oxygen atoms in total. The Kier molecular flexibility index (Phi) is 14.6. The van der Waals surface area contributed by atoms with Gasteiger partial charge in [0, 0.05) is 32.7 Å². The van der Waals surface area contributed by atoms with Crippen molar-refractivity contribution in [2.75, 3.05) is 0 Å². The van der Waals surface area contributed by atoms with E-state index in [1.807, 2.05) is 48.5 Å². The minimum absolute atomic E-state index is 0. The van der Waals surface area contributed by atoms with Crippen LogP contribution in [0.1, 0.15) is 101 Å². The number of hydrogen-bond donors (Lipinski definition) is 2. The molecule has 0 saturated heterocycles. The maximum absolute atomic E-state index is 11.1. The smallest absolute Gasteiger partial charge is 0.507 e. The Balaban J connectivity index is 0.000000200. The summed E-state index contributed by atoms with van der Waals surface area (Å²) in [6.45, 7) is 9.15. The van der Waals surface area contributed by atoms with Crippen molar-refractivity contribution in [3.8, 4) is 56.0 Å². The van der Waals surface area contributed by atoms with Gasteiger partial charge in [-0.1, -0.05) is 199 Å². The Morgan fingerprint density at radius 1 is 0.349 bits per heavy atom. The van der Waals surface area contributed by atoms with E-state index in [0.29, 0.717) is 11.5 Å². The molecule has 0 unspecified atom stereocenters. The quantitative estimate of drug-likeness (QED) is 0.106. The van der Waals surface area contributed by atoms with Crippen LogP contribution in [0.25, 0.3) is 66.1 Å². The van der Waals surface area contributed by atoms with Crippen molar-refractivity contribution in [2.24, 2.45) is 0 Å². The first-order valence-corrected chi connectivity index (χ1v) is 22.3. The predicted molar refractivity (Wildman–Crippen MR) is 267 cm³/mol. The van der Waals surface area contributed by atoms with Gasteiger partial charge in [0.2, 0.25) is 0 Å². The van der Waals surface area contributed by atoms with Gasteiger partial charge in [-0.05, 0) is 104 Å².